The van der Waals surface area contributed by atoms with Crippen molar-refractivity contribution >= 4 is 33.5 Å². The van der Waals surface area contributed by atoms with Crippen molar-refractivity contribution < 1.29 is 8.42 Å². The molecule has 2 aliphatic rings. The van der Waals surface area contributed by atoms with Crippen LogP contribution in [0.3, 0.4) is 0 Å². The van der Waals surface area contributed by atoms with Crippen molar-refractivity contribution in [2.75, 3.05) is 11.5 Å². The Hall–Kier alpha value is -0.210. The number of hydrazine groups is 1. The number of fused-ring (bicyclic) bond motifs is 2. The maximum atomic E-state index is 12.1. The minimum atomic E-state index is -3.42. The van der Waals surface area contributed by atoms with Crippen LogP contribution < -0.4 is 4.83 Å². The first-order valence-corrected chi connectivity index (χ1v) is 8.84. The van der Waals surface area contributed by atoms with E-state index in [-0.39, 0.29) is 10.7 Å². The van der Waals surface area contributed by atoms with E-state index in [4.69, 9.17) is 0 Å². The van der Waals surface area contributed by atoms with Crippen LogP contribution in [-0.2, 0) is 10.0 Å². The molecule has 2 bridgehead atoms. The van der Waals surface area contributed by atoms with Crippen LogP contribution >= 0.6 is 23.5 Å². The highest BCUT2D eigenvalue weighted by Crippen LogP contribution is 2.42. The van der Waals surface area contributed by atoms with Crippen LogP contribution in [0.25, 0.3) is 0 Å². The molecule has 92 valence electrons. The topological polar surface area (TPSA) is 49.4 Å². The summed E-state index contributed by atoms with van der Waals surface area (Å²) < 4.78 is 24.3. The van der Waals surface area contributed by atoms with E-state index in [1.165, 1.54) is 0 Å². The smallest absolute Gasteiger partial charge is 0.206 e. The first-order chi connectivity index (χ1) is 8.17. The van der Waals surface area contributed by atoms with Gasteiger partial charge in [0, 0.05) is 11.5 Å². The molecule has 0 radical (unpaired) electrons. The summed E-state index contributed by atoms with van der Waals surface area (Å²) in [4.78, 5) is 3.02. The molecule has 0 spiro atoms. The zero-order valence-electron chi connectivity index (χ0n) is 8.94. The Bertz CT molecular complexity index is 486. The Kier molecular flexibility index (Phi) is 3.12. The van der Waals surface area contributed by atoms with E-state index in [0.717, 1.165) is 11.5 Å². The van der Waals surface area contributed by atoms with Crippen LogP contribution in [0.5, 0.6) is 0 Å². The molecule has 0 aromatic heterocycles. The Morgan fingerprint density at radius 3 is 2.24 bits per heavy atom. The van der Waals surface area contributed by atoms with Crippen molar-refractivity contribution in [3.05, 3.63) is 30.3 Å². The monoisotopic (exact) mass is 288 g/mol. The second kappa shape index (κ2) is 4.47. The largest absolute Gasteiger partial charge is 0.253 e. The molecular weight excluding hydrogens is 276 g/mol. The molecule has 0 saturated carbocycles. The minimum absolute atomic E-state index is 0.281. The summed E-state index contributed by atoms with van der Waals surface area (Å²) in [6, 6.07) is 8.50. The zero-order valence-corrected chi connectivity index (χ0v) is 11.4. The molecule has 2 aliphatic heterocycles. The van der Waals surface area contributed by atoms with E-state index in [2.05, 4.69) is 4.83 Å². The summed E-state index contributed by atoms with van der Waals surface area (Å²) in [5, 5.41) is 2.43. The predicted octanol–water partition coefficient (Wildman–Crippen LogP) is 1.33. The molecule has 7 heteroatoms. The molecule has 2 fully saturated rings. The summed E-state index contributed by atoms with van der Waals surface area (Å²) in [5.41, 5.74) is 0. The van der Waals surface area contributed by atoms with Gasteiger partial charge in [-0.25, -0.2) is 13.4 Å². The van der Waals surface area contributed by atoms with Crippen molar-refractivity contribution in [2.45, 2.75) is 15.6 Å². The molecule has 2 heterocycles. The molecule has 3 rings (SSSR count). The SMILES string of the molecule is O=S(=O)(NN1C2CSC1CS2)c1ccccc1. The molecular formula is C10H12N2O2S3. The van der Waals surface area contributed by atoms with Gasteiger partial charge in [-0.05, 0) is 12.1 Å². The second-order valence-corrected chi connectivity index (χ2v) is 7.97. The van der Waals surface area contributed by atoms with Gasteiger partial charge in [0.25, 0.3) is 10.0 Å². The average molecular weight is 288 g/mol. The standard InChI is InChI=1S/C10H12N2O2S3/c13-17(14,8-4-2-1-3-5-8)11-12-9-6-15-10(12)7-16-9/h1-5,9-11H,6-7H2. The van der Waals surface area contributed by atoms with Crippen LogP contribution in [-0.4, -0.2) is 35.7 Å². The first-order valence-electron chi connectivity index (χ1n) is 5.26. The van der Waals surface area contributed by atoms with Gasteiger partial charge in [0.05, 0.1) is 15.6 Å². The van der Waals surface area contributed by atoms with E-state index in [0.29, 0.717) is 4.90 Å². The lowest BCUT2D eigenvalue weighted by molar-refractivity contribution is 0.261. The highest BCUT2D eigenvalue weighted by molar-refractivity contribution is 8.07. The van der Waals surface area contributed by atoms with Crippen LogP contribution in [0.2, 0.25) is 0 Å². The maximum Gasteiger partial charge on any atom is 0.253 e. The molecule has 0 amide bonds. The number of nitrogens with one attached hydrogen (secondary N) is 1. The number of rotatable bonds is 3. The van der Waals surface area contributed by atoms with Gasteiger partial charge in [-0.3, -0.25) is 0 Å². The van der Waals surface area contributed by atoms with E-state index in [1.54, 1.807) is 24.3 Å². The number of thioether (sulfide) groups is 2. The Morgan fingerprint density at radius 1 is 1.12 bits per heavy atom. The fourth-order valence-electron chi connectivity index (χ4n) is 1.90. The molecule has 2 atom stereocenters. The fraction of sp³-hybridized carbons (Fsp3) is 0.400. The summed E-state index contributed by atoms with van der Waals surface area (Å²) in [6.07, 6.45) is 0. The summed E-state index contributed by atoms with van der Waals surface area (Å²) >= 11 is 3.63. The molecule has 1 aromatic rings. The number of hydrogen-bond acceptors (Lipinski definition) is 5. The lowest BCUT2D eigenvalue weighted by Crippen LogP contribution is -2.45. The maximum absolute atomic E-state index is 12.1. The molecule has 2 saturated heterocycles. The lowest BCUT2D eigenvalue weighted by Gasteiger charge is -2.20. The van der Waals surface area contributed by atoms with Crippen molar-refractivity contribution in [3.63, 3.8) is 0 Å². The van der Waals surface area contributed by atoms with E-state index >= 15 is 0 Å². The minimum Gasteiger partial charge on any atom is -0.206 e. The lowest BCUT2D eigenvalue weighted by atomic mass is 10.4. The molecule has 1 aromatic carbocycles. The first kappa shape index (κ1) is 11.9. The fourth-order valence-corrected chi connectivity index (χ4v) is 6.32. The normalized spacial score (nSPS) is 28.7. The van der Waals surface area contributed by atoms with Gasteiger partial charge in [-0.15, -0.1) is 28.4 Å². The summed E-state index contributed by atoms with van der Waals surface area (Å²) in [5.74, 6) is 1.99. The van der Waals surface area contributed by atoms with Crippen LogP contribution in [0.1, 0.15) is 0 Å². The van der Waals surface area contributed by atoms with Gasteiger partial charge in [0.15, 0.2) is 0 Å². The molecule has 17 heavy (non-hydrogen) atoms. The number of hydrogen-bond donors (Lipinski definition) is 1. The Morgan fingerprint density at radius 2 is 1.71 bits per heavy atom. The van der Waals surface area contributed by atoms with Crippen LogP contribution in [0.4, 0.5) is 0 Å². The third kappa shape index (κ3) is 2.22. The van der Waals surface area contributed by atoms with Crippen molar-refractivity contribution in [3.8, 4) is 0 Å². The van der Waals surface area contributed by atoms with E-state index in [9.17, 15) is 8.42 Å². The Balaban J connectivity index is 1.81. The number of benzene rings is 1. The zero-order chi connectivity index (χ0) is 11.9. The van der Waals surface area contributed by atoms with Crippen molar-refractivity contribution in [1.82, 2.24) is 9.84 Å². The molecule has 2 unspecified atom stereocenters. The highest BCUT2D eigenvalue weighted by atomic mass is 32.2. The molecule has 1 N–H and O–H groups in total. The third-order valence-corrected chi connectivity index (χ3v) is 7.10. The summed E-state index contributed by atoms with van der Waals surface area (Å²) in [6.45, 7) is 0. The van der Waals surface area contributed by atoms with Gasteiger partial charge in [0.2, 0.25) is 0 Å². The van der Waals surface area contributed by atoms with Crippen LogP contribution in [0, 0.1) is 0 Å². The van der Waals surface area contributed by atoms with Crippen molar-refractivity contribution in [1.29, 1.82) is 0 Å². The second-order valence-electron chi connectivity index (χ2n) is 3.89. The van der Waals surface area contributed by atoms with Crippen LogP contribution in [0.15, 0.2) is 35.2 Å². The average Bonchev–Trinajstić information content (AvgIpc) is 2.90. The van der Waals surface area contributed by atoms with Gasteiger partial charge in [-0.1, -0.05) is 18.2 Å². The quantitative estimate of drug-likeness (QED) is 0.909. The van der Waals surface area contributed by atoms with Gasteiger partial charge in [-0.2, -0.15) is 0 Å². The highest BCUT2D eigenvalue weighted by Gasteiger charge is 2.42. The molecule has 0 aliphatic carbocycles. The van der Waals surface area contributed by atoms with Gasteiger partial charge in [0.1, 0.15) is 0 Å². The van der Waals surface area contributed by atoms with E-state index in [1.807, 2.05) is 34.6 Å². The Labute approximate surface area is 109 Å². The van der Waals surface area contributed by atoms with Crippen molar-refractivity contribution in [2.24, 2.45) is 0 Å². The number of nitrogens with zero attached hydrogens (tertiary/aromatic N) is 1. The molecule has 4 nitrogen and oxygen atoms in total. The van der Waals surface area contributed by atoms with E-state index < -0.39 is 10.0 Å². The van der Waals surface area contributed by atoms with Gasteiger partial charge < -0.3 is 0 Å². The summed E-state index contributed by atoms with van der Waals surface area (Å²) in [7, 11) is -3.42. The predicted molar refractivity (Wildman–Crippen MR) is 71.1 cm³/mol. The van der Waals surface area contributed by atoms with Gasteiger partial charge >= 0.3 is 0 Å². The third-order valence-electron chi connectivity index (χ3n) is 2.76. The number of sulfonamides is 1.